The van der Waals surface area contributed by atoms with Crippen molar-refractivity contribution in [1.29, 1.82) is 0 Å². The van der Waals surface area contributed by atoms with Crippen LogP contribution in [0.2, 0.25) is 0 Å². The van der Waals surface area contributed by atoms with Crippen LogP contribution in [0.25, 0.3) is 17.1 Å². The van der Waals surface area contributed by atoms with Gasteiger partial charge in [-0.15, -0.1) is 0 Å². The van der Waals surface area contributed by atoms with Crippen molar-refractivity contribution >= 4 is 23.1 Å². The smallest absolute Gasteiger partial charge is 0.331 e. The molecule has 4 rings (SSSR count). The van der Waals surface area contributed by atoms with Gasteiger partial charge in [-0.05, 0) is 35.9 Å². The number of aromatic nitrogens is 2. The molecular weight excluding hydrogens is 370 g/mol. The van der Waals surface area contributed by atoms with Crippen LogP contribution in [0.4, 0.5) is 8.78 Å². The van der Waals surface area contributed by atoms with Crippen molar-refractivity contribution in [1.82, 2.24) is 9.55 Å². The zero-order valence-electron chi connectivity index (χ0n) is 14.7. The van der Waals surface area contributed by atoms with Crippen LogP contribution in [0.15, 0.2) is 48.5 Å². The van der Waals surface area contributed by atoms with Crippen LogP contribution in [0, 0.1) is 0 Å². The van der Waals surface area contributed by atoms with Crippen molar-refractivity contribution in [2.24, 2.45) is 0 Å². The van der Waals surface area contributed by atoms with Gasteiger partial charge < -0.3 is 14.2 Å². The maximum Gasteiger partial charge on any atom is 0.331 e. The fraction of sp³-hybridized carbons (Fsp3) is 0.200. The number of imidazole rings is 1. The Bertz CT molecular complexity index is 1050. The van der Waals surface area contributed by atoms with Gasteiger partial charge in [0.15, 0.2) is 17.3 Å². The third-order valence-electron chi connectivity index (χ3n) is 4.19. The highest BCUT2D eigenvalue weighted by atomic mass is 19.3. The highest BCUT2D eigenvalue weighted by molar-refractivity contribution is 5.87. The Morgan fingerprint density at radius 1 is 1.18 bits per heavy atom. The Morgan fingerprint density at radius 3 is 2.79 bits per heavy atom. The summed E-state index contributed by atoms with van der Waals surface area (Å²) in [6, 6.07) is 11.8. The fourth-order valence-corrected chi connectivity index (χ4v) is 2.93. The SMILES string of the molecule is O=C(/C=C/c1ccc2c(c1)OCCO2)OCc1nc2ccccc2n1C(F)F. The van der Waals surface area contributed by atoms with Gasteiger partial charge >= 0.3 is 12.5 Å². The van der Waals surface area contributed by atoms with E-state index in [2.05, 4.69) is 4.98 Å². The molecule has 2 heterocycles. The Kier molecular flexibility index (Phi) is 4.92. The molecule has 0 amide bonds. The van der Waals surface area contributed by atoms with Crippen LogP contribution in [0.1, 0.15) is 17.9 Å². The van der Waals surface area contributed by atoms with Crippen molar-refractivity contribution in [2.45, 2.75) is 13.2 Å². The summed E-state index contributed by atoms with van der Waals surface area (Å²) in [6.07, 6.45) is 2.78. The Hall–Kier alpha value is -3.42. The molecule has 6 nitrogen and oxygen atoms in total. The molecule has 1 aliphatic rings. The van der Waals surface area contributed by atoms with E-state index in [0.29, 0.717) is 30.2 Å². The molecule has 0 fully saturated rings. The monoisotopic (exact) mass is 386 g/mol. The Labute approximate surface area is 159 Å². The lowest BCUT2D eigenvalue weighted by Crippen LogP contribution is -2.15. The largest absolute Gasteiger partial charge is 0.486 e. The number of carbonyl (C=O) groups is 1. The van der Waals surface area contributed by atoms with E-state index in [-0.39, 0.29) is 17.9 Å². The summed E-state index contributed by atoms with van der Waals surface area (Å²) in [6.45, 7) is -2.18. The van der Waals surface area contributed by atoms with Crippen LogP contribution >= 0.6 is 0 Å². The first-order valence-electron chi connectivity index (χ1n) is 8.60. The molecule has 0 spiro atoms. The van der Waals surface area contributed by atoms with E-state index < -0.39 is 12.5 Å². The van der Waals surface area contributed by atoms with Crippen molar-refractivity contribution < 1.29 is 27.8 Å². The second-order valence-corrected chi connectivity index (χ2v) is 6.01. The Balaban J connectivity index is 1.44. The van der Waals surface area contributed by atoms with Gasteiger partial charge in [-0.25, -0.2) is 9.78 Å². The lowest BCUT2D eigenvalue weighted by atomic mass is 10.2. The molecule has 0 N–H and O–H groups in total. The maximum atomic E-state index is 13.4. The van der Waals surface area contributed by atoms with Gasteiger partial charge in [0.25, 0.3) is 0 Å². The summed E-state index contributed by atoms with van der Waals surface area (Å²) in [5, 5.41) is 0. The zero-order valence-corrected chi connectivity index (χ0v) is 14.7. The second-order valence-electron chi connectivity index (χ2n) is 6.01. The van der Waals surface area contributed by atoms with Gasteiger partial charge in [-0.3, -0.25) is 4.57 Å². The fourth-order valence-electron chi connectivity index (χ4n) is 2.93. The summed E-state index contributed by atoms with van der Waals surface area (Å²) in [5.41, 5.74) is 1.43. The van der Waals surface area contributed by atoms with Crippen molar-refractivity contribution in [3.8, 4) is 11.5 Å². The number of esters is 1. The first-order chi connectivity index (χ1) is 13.6. The standard InChI is InChI=1S/C20H16F2N2O4/c21-20(22)24-15-4-2-1-3-14(15)23-18(24)12-28-19(25)8-6-13-5-7-16-17(11-13)27-10-9-26-16/h1-8,11,20H,9-10,12H2/b8-6+. The van der Waals surface area contributed by atoms with Crippen molar-refractivity contribution in [3.63, 3.8) is 0 Å². The lowest BCUT2D eigenvalue weighted by Gasteiger charge is -2.18. The van der Waals surface area contributed by atoms with E-state index in [4.69, 9.17) is 14.2 Å². The van der Waals surface area contributed by atoms with Gasteiger partial charge in [-0.1, -0.05) is 18.2 Å². The Morgan fingerprint density at radius 2 is 1.96 bits per heavy atom. The summed E-state index contributed by atoms with van der Waals surface area (Å²) in [5.74, 6) is 0.573. The van der Waals surface area contributed by atoms with Crippen LogP contribution in [0.5, 0.6) is 11.5 Å². The van der Waals surface area contributed by atoms with Crippen molar-refractivity contribution in [3.05, 3.63) is 59.9 Å². The maximum absolute atomic E-state index is 13.4. The summed E-state index contributed by atoms with van der Waals surface area (Å²) in [7, 11) is 0. The second kappa shape index (κ2) is 7.67. The summed E-state index contributed by atoms with van der Waals surface area (Å²) >= 11 is 0. The number of hydrogen-bond donors (Lipinski definition) is 0. The number of halogens is 2. The molecule has 0 saturated carbocycles. The van der Waals surface area contributed by atoms with Gasteiger partial charge in [-0.2, -0.15) is 8.78 Å². The van der Waals surface area contributed by atoms with Gasteiger partial charge in [0.1, 0.15) is 19.8 Å². The van der Waals surface area contributed by atoms with Crippen molar-refractivity contribution in [2.75, 3.05) is 13.2 Å². The lowest BCUT2D eigenvalue weighted by molar-refractivity contribution is -0.139. The minimum absolute atomic E-state index is 0.0164. The minimum Gasteiger partial charge on any atom is -0.486 e. The molecular formula is C20H16F2N2O4. The third-order valence-corrected chi connectivity index (χ3v) is 4.19. The molecule has 144 valence electrons. The average molecular weight is 386 g/mol. The highest BCUT2D eigenvalue weighted by Crippen LogP contribution is 2.31. The number of ether oxygens (including phenoxy) is 3. The third kappa shape index (κ3) is 3.66. The molecule has 0 unspecified atom stereocenters. The average Bonchev–Trinajstić information content (AvgIpc) is 3.09. The number of carbonyl (C=O) groups excluding carboxylic acids is 1. The van der Waals surface area contributed by atoms with E-state index in [1.165, 1.54) is 6.08 Å². The van der Waals surface area contributed by atoms with Crippen LogP contribution in [-0.4, -0.2) is 28.7 Å². The predicted octanol–water partition coefficient (Wildman–Crippen LogP) is 3.96. The van der Waals surface area contributed by atoms with E-state index in [1.807, 2.05) is 0 Å². The molecule has 0 bridgehead atoms. The first-order valence-corrected chi connectivity index (χ1v) is 8.60. The molecule has 2 aromatic carbocycles. The van der Waals surface area contributed by atoms with E-state index in [0.717, 1.165) is 10.1 Å². The topological polar surface area (TPSA) is 62.6 Å². The van der Waals surface area contributed by atoms with E-state index >= 15 is 0 Å². The van der Waals surface area contributed by atoms with Crippen LogP contribution < -0.4 is 9.47 Å². The molecule has 1 aromatic heterocycles. The van der Waals surface area contributed by atoms with Gasteiger partial charge in [0.05, 0.1) is 11.0 Å². The van der Waals surface area contributed by atoms with E-state index in [9.17, 15) is 13.6 Å². The van der Waals surface area contributed by atoms with E-state index in [1.54, 1.807) is 48.5 Å². The normalized spacial score (nSPS) is 13.4. The first kappa shape index (κ1) is 18.0. The van der Waals surface area contributed by atoms with Gasteiger partial charge in [0.2, 0.25) is 0 Å². The molecule has 3 aromatic rings. The number of hydrogen-bond acceptors (Lipinski definition) is 5. The van der Waals surface area contributed by atoms with Gasteiger partial charge in [0, 0.05) is 6.08 Å². The number of rotatable bonds is 5. The molecule has 1 aliphatic heterocycles. The molecule has 8 heteroatoms. The highest BCUT2D eigenvalue weighted by Gasteiger charge is 2.18. The predicted molar refractivity (Wildman–Crippen MR) is 97.2 cm³/mol. The summed E-state index contributed by atoms with van der Waals surface area (Å²) < 4.78 is 43.5. The number of para-hydroxylation sites is 2. The number of benzene rings is 2. The minimum atomic E-state index is -2.78. The quantitative estimate of drug-likeness (QED) is 0.491. The zero-order chi connectivity index (χ0) is 19.5. The van der Waals surface area contributed by atoms with Crippen LogP contribution in [-0.2, 0) is 16.1 Å². The van der Waals surface area contributed by atoms with Crippen LogP contribution in [0.3, 0.4) is 0 Å². The number of alkyl halides is 2. The number of nitrogens with zero attached hydrogens (tertiary/aromatic N) is 2. The molecule has 0 radical (unpaired) electrons. The molecule has 0 aliphatic carbocycles. The number of fused-ring (bicyclic) bond motifs is 2. The molecule has 28 heavy (non-hydrogen) atoms. The molecule has 0 atom stereocenters. The molecule has 0 saturated heterocycles. The summed E-state index contributed by atoms with van der Waals surface area (Å²) in [4.78, 5) is 16.1.